The lowest BCUT2D eigenvalue weighted by molar-refractivity contribution is 0.750. The predicted molar refractivity (Wildman–Crippen MR) is 87.1 cm³/mol. The van der Waals surface area contributed by atoms with Crippen LogP contribution in [-0.2, 0) is 0 Å². The first-order valence-corrected chi connectivity index (χ1v) is 7.64. The number of terminal acetylenes is 1. The molecule has 2 aromatic heterocycles. The molecule has 2 aromatic rings. The number of hydrogen-bond donors (Lipinski definition) is 1. The topological polar surface area (TPSA) is 50.7 Å². The molecule has 1 fully saturated rings. The summed E-state index contributed by atoms with van der Waals surface area (Å²) in [6.45, 7) is 4.25. The highest BCUT2D eigenvalue weighted by Crippen LogP contribution is 2.24. The van der Waals surface area contributed by atoms with Crippen molar-refractivity contribution in [3.63, 3.8) is 0 Å². The molecule has 0 aliphatic heterocycles. The van der Waals surface area contributed by atoms with Gasteiger partial charge in [-0.05, 0) is 30.9 Å². The fraction of sp³-hybridized carbons (Fsp3) is 0.471. The van der Waals surface area contributed by atoms with Crippen molar-refractivity contribution < 1.29 is 0 Å². The predicted octanol–water partition coefficient (Wildman–Crippen LogP) is 3.78. The van der Waals surface area contributed by atoms with Gasteiger partial charge in [0.15, 0.2) is 5.82 Å². The van der Waals surface area contributed by atoms with Gasteiger partial charge in [-0.25, -0.2) is 9.97 Å². The standard InChI is InChI=1S/C14H14N4.C3H8/c1-2-12-17-11-8-5-9-15-13(11)14(18-12)16-10-6-3-4-7-10;1-3-2/h1,5,8-10H,3-4,6-7H2,(H,16,17,18);3H2,1-2H3. The number of hydrogen-bond acceptors (Lipinski definition) is 4. The maximum atomic E-state index is 5.39. The number of anilines is 1. The SMILES string of the molecule is C#Cc1nc(NC2CCCC2)c2ncccc2n1.CCC. The Bertz CT molecular complexity index is 624. The van der Waals surface area contributed by atoms with Crippen LogP contribution in [0.15, 0.2) is 18.3 Å². The zero-order valence-corrected chi connectivity index (χ0v) is 12.8. The molecule has 1 aliphatic rings. The van der Waals surface area contributed by atoms with E-state index in [9.17, 15) is 0 Å². The van der Waals surface area contributed by atoms with E-state index >= 15 is 0 Å². The first-order valence-electron chi connectivity index (χ1n) is 7.64. The minimum atomic E-state index is 0.413. The molecule has 3 rings (SSSR count). The van der Waals surface area contributed by atoms with E-state index in [0.29, 0.717) is 11.9 Å². The summed E-state index contributed by atoms with van der Waals surface area (Å²) in [5.74, 6) is 3.67. The quantitative estimate of drug-likeness (QED) is 0.852. The van der Waals surface area contributed by atoms with Crippen LogP contribution in [0.4, 0.5) is 5.82 Å². The van der Waals surface area contributed by atoms with E-state index < -0.39 is 0 Å². The minimum Gasteiger partial charge on any atom is -0.365 e. The molecular formula is C17H22N4. The number of nitrogens with zero attached hydrogens (tertiary/aromatic N) is 3. The second kappa shape index (κ2) is 7.58. The highest BCUT2D eigenvalue weighted by Gasteiger charge is 2.17. The first-order chi connectivity index (χ1) is 10.3. The molecule has 0 atom stereocenters. The van der Waals surface area contributed by atoms with Gasteiger partial charge in [0.1, 0.15) is 5.52 Å². The lowest BCUT2D eigenvalue weighted by atomic mass is 10.2. The van der Waals surface area contributed by atoms with Crippen molar-refractivity contribution in [3.8, 4) is 12.3 Å². The second-order valence-electron chi connectivity index (χ2n) is 5.24. The Morgan fingerprint density at radius 1 is 1.29 bits per heavy atom. The maximum absolute atomic E-state index is 5.39. The lowest BCUT2D eigenvalue weighted by Crippen LogP contribution is -2.16. The minimum absolute atomic E-state index is 0.413. The Morgan fingerprint density at radius 3 is 2.67 bits per heavy atom. The Kier molecular flexibility index (Phi) is 5.51. The monoisotopic (exact) mass is 282 g/mol. The van der Waals surface area contributed by atoms with E-state index in [4.69, 9.17) is 6.42 Å². The number of aromatic nitrogens is 3. The van der Waals surface area contributed by atoms with Gasteiger partial charge in [-0.3, -0.25) is 4.98 Å². The molecule has 4 nitrogen and oxygen atoms in total. The second-order valence-corrected chi connectivity index (χ2v) is 5.24. The van der Waals surface area contributed by atoms with Crippen molar-refractivity contribution in [1.29, 1.82) is 0 Å². The van der Waals surface area contributed by atoms with Gasteiger partial charge in [0.2, 0.25) is 5.82 Å². The smallest absolute Gasteiger partial charge is 0.207 e. The van der Waals surface area contributed by atoms with E-state index in [1.54, 1.807) is 6.20 Å². The summed E-state index contributed by atoms with van der Waals surface area (Å²) in [4.78, 5) is 13.0. The molecular weight excluding hydrogens is 260 g/mol. The zero-order valence-electron chi connectivity index (χ0n) is 12.8. The normalized spacial score (nSPS) is 14.3. The molecule has 1 N–H and O–H groups in total. The molecule has 0 bridgehead atoms. The van der Waals surface area contributed by atoms with E-state index in [0.717, 1.165) is 16.9 Å². The molecule has 21 heavy (non-hydrogen) atoms. The molecule has 0 unspecified atom stereocenters. The largest absolute Gasteiger partial charge is 0.365 e. The maximum Gasteiger partial charge on any atom is 0.207 e. The average Bonchev–Trinajstić information content (AvgIpc) is 3.01. The van der Waals surface area contributed by atoms with Crippen LogP contribution in [0.5, 0.6) is 0 Å². The van der Waals surface area contributed by atoms with Crippen LogP contribution >= 0.6 is 0 Å². The number of fused-ring (bicyclic) bond motifs is 1. The fourth-order valence-corrected chi connectivity index (χ4v) is 2.40. The van der Waals surface area contributed by atoms with Gasteiger partial charge in [0.05, 0.1) is 5.52 Å². The Labute approximate surface area is 126 Å². The molecule has 0 radical (unpaired) electrons. The van der Waals surface area contributed by atoms with Gasteiger partial charge in [-0.15, -0.1) is 6.42 Å². The molecule has 110 valence electrons. The summed E-state index contributed by atoms with van der Waals surface area (Å²) in [5, 5.41) is 3.45. The van der Waals surface area contributed by atoms with Crippen LogP contribution in [0.3, 0.4) is 0 Å². The molecule has 0 spiro atoms. The zero-order chi connectivity index (χ0) is 15.1. The third-order valence-electron chi connectivity index (χ3n) is 3.28. The molecule has 0 saturated heterocycles. The third kappa shape index (κ3) is 3.91. The summed E-state index contributed by atoms with van der Waals surface area (Å²) in [7, 11) is 0. The summed E-state index contributed by atoms with van der Waals surface area (Å²) in [5.41, 5.74) is 1.59. The number of pyridine rings is 1. The van der Waals surface area contributed by atoms with E-state index in [1.165, 1.54) is 32.1 Å². The van der Waals surface area contributed by atoms with Crippen LogP contribution in [0.1, 0.15) is 51.8 Å². The first kappa shape index (κ1) is 15.2. The van der Waals surface area contributed by atoms with Crippen LogP contribution in [0.2, 0.25) is 0 Å². The van der Waals surface area contributed by atoms with Gasteiger partial charge in [0, 0.05) is 12.2 Å². The van der Waals surface area contributed by atoms with Crippen molar-refractivity contribution in [2.75, 3.05) is 5.32 Å². The van der Waals surface area contributed by atoms with Crippen molar-refractivity contribution in [1.82, 2.24) is 15.0 Å². The summed E-state index contributed by atoms with van der Waals surface area (Å²) in [6.07, 6.45) is 13.3. The van der Waals surface area contributed by atoms with Crippen molar-refractivity contribution in [2.45, 2.75) is 52.0 Å². The van der Waals surface area contributed by atoms with Gasteiger partial charge in [-0.2, -0.15) is 0 Å². The van der Waals surface area contributed by atoms with Gasteiger partial charge < -0.3 is 5.32 Å². The van der Waals surface area contributed by atoms with Crippen molar-refractivity contribution in [3.05, 3.63) is 24.2 Å². The van der Waals surface area contributed by atoms with Crippen LogP contribution in [0, 0.1) is 12.3 Å². The highest BCUT2D eigenvalue weighted by molar-refractivity contribution is 5.85. The van der Waals surface area contributed by atoms with E-state index in [2.05, 4.69) is 40.0 Å². The molecule has 4 heteroatoms. The molecule has 1 saturated carbocycles. The highest BCUT2D eigenvalue weighted by atomic mass is 15.1. The van der Waals surface area contributed by atoms with E-state index in [1.807, 2.05) is 12.1 Å². The Balaban J connectivity index is 0.000000497. The molecule has 1 aliphatic carbocycles. The van der Waals surface area contributed by atoms with Crippen LogP contribution in [0.25, 0.3) is 11.0 Å². The summed E-state index contributed by atoms with van der Waals surface area (Å²) in [6, 6.07) is 4.25. The Morgan fingerprint density at radius 2 is 2.00 bits per heavy atom. The van der Waals surface area contributed by atoms with E-state index in [-0.39, 0.29) is 0 Å². The number of nitrogens with one attached hydrogen (secondary N) is 1. The van der Waals surface area contributed by atoms with Crippen LogP contribution < -0.4 is 5.32 Å². The van der Waals surface area contributed by atoms with Gasteiger partial charge in [0.25, 0.3) is 0 Å². The van der Waals surface area contributed by atoms with Crippen molar-refractivity contribution >= 4 is 16.9 Å². The van der Waals surface area contributed by atoms with Gasteiger partial charge in [-0.1, -0.05) is 33.1 Å². The molecule has 0 aromatic carbocycles. The van der Waals surface area contributed by atoms with Gasteiger partial charge >= 0.3 is 0 Å². The average molecular weight is 282 g/mol. The fourth-order valence-electron chi connectivity index (χ4n) is 2.40. The van der Waals surface area contributed by atoms with Crippen LogP contribution in [-0.4, -0.2) is 21.0 Å². The summed E-state index contributed by atoms with van der Waals surface area (Å²) >= 11 is 0. The van der Waals surface area contributed by atoms with Crippen molar-refractivity contribution in [2.24, 2.45) is 0 Å². The number of rotatable bonds is 2. The summed E-state index contributed by atoms with van der Waals surface area (Å²) < 4.78 is 0. The molecule has 2 heterocycles. The lowest BCUT2D eigenvalue weighted by Gasteiger charge is -2.13. The third-order valence-corrected chi connectivity index (χ3v) is 3.28. The Hall–Kier alpha value is -2.15. The molecule has 0 amide bonds.